The Kier molecular flexibility index (Phi) is 3.46. The van der Waals surface area contributed by atoms with Gasteiger partial charge >= 0.3 is 5.97 Å². The minimum Gasteiger partial charge on any atom is -0.481 e. The van der Waals surface area contributed by atoms with E-state index in [2.05, 4.69) is 0 Å². The van der Waals surface area contributed by atoms with E-state index in [1.165, 1.54) is 0 Å². The van der Waals surface area contributed by atoms with Crippen molar-refractivity contribution in [3.63, 3.8) is 0 Å². The van der Waals surface area contributed by atoms with Crippen LogP contribution in [0.3, 0.4) is 0 Å². The largest absolute Gasteiger partial charge is 0.481 e. The molecule has 3 rings (SSSR count). The number of nitrogens with zero attached hydrogens (tertiary/aromatic N) is 1. The highest BCUT2D eigenvalue weighted by Gasteiger charge is 2.51. The maximum atomic E-state index is 12.7. The highest BCUT2D eigenvalue weighted by molar-refractivity contribution is 5.82. The van der Waals surface area contributed by atoms with Crippen molar-refractivity contribution in [1.29, 1.82) is 0 Å². The number of hydrogen-bond acceptors (Lipinski definition) is 4. The number of carbonyl (C=O) groups is 2. The summed E-state index contributed by atoms with van der Waals surface area (Å²) in [4.78, 5) is 25.5. The zero-order valence-electron chi connectivity index (χ0n) is 11.7. The molecule has 3 aliphatic rings. The van der Waals surface area contributed by atoms with Crippen LogP contribution in [0, 0.1) is 23.7 Å². The van der Waals surface area contributed by atoms with Gasteiger partial charge in [0.2, 0.25) is 5.91 Å². The minimum atomic E-state index is -0.899. The molecule has 2 aliphatic carbocycles. The predicted molar refractivity (Wildman–Crippen MR) is 70.8 cm³/mol. The molecule has 1 heterocycles. The Morgan fingerprint density at radius 3 is 2.55 bits per heavy atom. The molecule has 0 radical (unpaired) electrons. The number of fused-ring (bicyclic) bond motifs is 2. The zero-order chi connectivity index (χ0) is 14.4. The van der Waals surface area contributed by atoms with Crippen LogP contribution in [0.1, 0.15) is 19.3 Å². The molecule has 6 atom stereocenters. The van der Waals surface area contributed by atoms with Crippen molar-refractivity contribution in [3.8, 4) is 0 Å². The second-order valence-corrected chi connectivity index (χ2v) is 6.44. The summed E-state index contributed by atoms with van der Waals surface area (Å²) >= 11 is 0. The molecule has 6 nitrogen and oxygen atoms in total. The first kappa shape index (κ1) is 13.8. The molecule has 0 aromatic carbocycles. The first-order valence-corrected chi connectivity index (χ1v) is 7.33. The number of ether oxygens (including phenoxy) is 1. The van der Waals surface area contributed by atoms with E-state index in [0.29, 0.717) is 18.4 Å². The van der Waals surface area contributed by atoms with Crippen LogP contribution in [0.2, 0.25) is 0 Å². The molecule has 2 saturated carbocycles. The van der Waals surface area contributed by atoms with Gasteiger partial charge in [-0.25, -0.2) is 0 Å². The average Bonchev–Trinajstić information content (AvgIpc) is 3.11. The van der Waals surface area contributed by atoms with E-state index in [-0.39, 0.29) is 30.5 Å². The molecule has 3 N–H and O–H groups in total. The van der Waals surface area contributed by atoms with Crippen LogP contribution in [-0.2, 0) is 14.3 Å². The molecule has 0 aromatic rings. The summed E-state index contributed by atoms with van der Waals surface area (Å²) in [6.07, 6.45) is 3.25. The quantitative estimate of drug-likeness (QED) is 0.755. The fourth-order valence-corrected chi connectivity index (χ4v) is 4.26. The molecule has 20 heavy (non-hydrogen) atoms. The van der Waals surface area contributed by atoms with Gasteiger partial charge in [-0.15, -0.1) is 0 Å². The van der Waals surface area contributed by atoms with E-state index in [0.717, 1.165) is 19.3 Å². The maximum absolute atomic E-state index is 12.7. The van der Waals surface area contributed by atoms with E-state index in [4.69, 9.17) is 10.5 Å². The number of carboxylic acids is 1. The molecule has 1 saturated heterocycles. The third-order valence-electron chi connectivity index (χ3n) is 5.48. The average molecular weight is 282 g/mol. The molecule has 1 amide bonds. The van der Waals surface area contributed by atoms with Crippen molar-refractivity contribution in [3.05, 3.63) is 0 Å². The van der Waals surface area contributed by atoms with Crippen molar-refractivity contribution in [2.24, 2.45) is 29.4 Å². The SMILES string of the molecule is CN(C(=O)C1C2CCC(C2)C1N)C1COCC1C(=O)O. The van der Waals surface area contributed by atoms with Crippen LogP contribution >= 0.6 is 0 Å². The minimum absolute atomic E-state index is 0.00597. The summed E-state index contributed by atoms with van der Waals surface area (Å²) in [5.74, 6) is -0.795. The summed E-state index contributed by atoms with van der Waals surface area (Å²) in [5.41, 5.74) is 6.20. The third kappa shape index (κ3) is 2.02. The highest BCUT2D eigenvalue weighted by atomic mass is 16.5. The Balaban J connectivity index is 1.72. The smallest absolute Gasteiger partial charge is 0.311 e. The maximum Gasteiger partial charge on any atom is 0.311 e. The second-order valence-electron chi connectivity index (χ2n) is 6.44. The third-order valence-corrected chi connectivity index (χ3v) is 5.48. The number of hydrogen-bond donors (Lipinski definition) is 2. The van der Waals surface area contributed by atoms with Crippen molar-refractivity contribution in [2.75, 3.05) is 20.3 Å². The van der Waals surface area contributed by atoms with Crippen LogP contribution < -0.4 is 5.73 Å². The lowest BCUT2D eigenvalue weighted by molar-refractivity contribution is -0.146. The summed E-state index contributed by atoms with van der Waals surface area (Å²) in [6, 6.07) is -0.430. The van der Waals surface area contributed by atoms with Gasteiger partial charge in [0, 0.05) is 13.1 Å². The van der Waals surface area contributed by atoms with Gasteiger partial charge in [-0.2, -0.15) is 0 Å². The van der Waals surface area contributed by atoms with Gasteiger partial charge in [0.05, 0.1) is 25.2 Å². The molecule has 3 fully saturated rings. The van der Waals surface area contributed by atoms with Crippen LogP contribution in [-0.4, -0.2) is 54.2 Å². The van der Waals surface area contributed by atoms with Gasteiger partial charge in [0.1, 0.15) is 5.92 Å². The lowest BCUT2D eigenvalue weighted by Gasteiger charge is -2.34. The van der Waals surface area contributed by atoms with E-state index in [1.54, 1.807) is 11.9 Å². The first-order chi connectivity index (χ1) is 9.50. The molecule has 0 aromatic heterocycles. The Morgan fingerprint density at radius 2 is 1.95 bits per heavy atom. The Hall–Kier alpha value is -1.14. The number of carboxylic acid groups (broad SMARTS) is 1. The van der Waals surface area contributed by atoms with Crippen molar-refractivity contribution in [1.82, 2.24) is 4.90 Å². The van der Waals surface area contributed by atoms with Crippen LogP contribution in [0.4, 0.5) is 0 Å². The Labute approximate surface area is 118 Å². The molecule has 1 aliphatic heterocycles. The Bertz CT molecular complexity index is 425. The van der Waals surface area contributed by atoms with E-state index >= 15 is 0 Å². The summed E-state index contributed by atoms with van der Waals surface area (Å²) in [6.45, 7) is 0.482. The standard InChI is InChI=1S/C14H22N2O4/c1-16(10-6-20-5-9(10)14(18)19)13(17)11-7-2-3-8(4-7)12(11)15/h7-12H,2-6,15H2,1H3,(H,18,19). The van der Waals surface area contributed by atoms with Gasteiger partial charge in [-0.1, -0.05) is 0 Å². The fourth-order valence-electron chi connectivity index (χ4n) is 4.26. The Morgan fingerprint density at radius 1 is 1.25 bits per heavy atom. The van der Waals surface area contributed by atoms with E-state index < -0.39 is 11.9 Å². The van der Waals surface area contributed by atoms with Gasteiger partial charge in [0.25, 0.3) is 0 Å². The fraction of sp³-hybridized carbons (Fsp3) is 0.857. The monoisotopic (exact) mass is 282 g/mol. The van der Waals surface area contributed by atoms with Gasteiger partial charge < -0.3 is 20.5 Å². The molecule has 2 bridgehead atoms. The van der Waals surface area contributed by atoms with Gasteiger partial charge in [-0.3, -0.25) is 9.59 Å². The summed E-state index contributed by atoms with van der Waals surface area (Å²) in [5, 5.41) is 9.19. The van der Waals surface area contributed by atoms with Crippen molar-refractivity contribution >= 4 is 11.9 Å². The molecule has 0 spiro atoms. The number of carbonyl (C=O) groups excluding carboxylic acids is 1. The second kappa shape index (κ2) is 5.00. The lowest BCUT2D eigenvalue weighted by Crippen LogP contribution is -2.51. The lowest BCUT2D eigenvalue weighted by atomic mass is 9.83. The molecule has 112 valence electrons. The van der Waals surface area contributed by atoms with Crippen LogP contribution in [0.15, 0.2) is 0 Å². The predicted octanol–water partition coefficient (Wildman–Crippen LogP) is -0.0822. The molecule has 6 unspecified atom stereocenters. The van der Waals surface area contributed by atoms with Crippen LogP contribution in [0.5, 0.6) is 0 Å². The van der Waals surface area contributed by atoms with Gasteiger partial charge in [-0.05, 0) is 31.1 Å². The number of rotatable bonds is 3. The first-order valence-electron chi connectivity index (χ1n) is 7.33. The summed E-state index contributed by atoms with van der Waals surface area (Å²) < 4.78 is 5.25. The van der Waals surface area contributed by atoms with Crippen molar-refractivity contribution in [2.45, 2.75) is 31.3 Å². The number of nitrogens with two attached hydrogens (primary N) is 1. The van der Waals surface area contributed by atoms with E-state index in [9.17, 15) is 14.7 Å². The number of likely N-dealkylation sites (N-methyl/N-ethyl adjacent to an activating group) is 1. The highest BCUT2D eigenvalue weighted by Crippen LogP contribution is 2.48. The normalized spacial score (nSPS) is 42.9. The number of aliphatic carboxylic acids is 1. The topological polar surface area (TPSA) is 92.9 Å². The zero-order valence-corrected chi connectivity index (χ0v) is 11.7. The van der Waals surface area contributed by atoms with E-state index in [1.807, 2.05) is 0 Å². The molecular formula is C14H22N2O4. The number of amides is 1. The van der Waals surface area contributed by atoms with Crippen molar-refractivity contribution < 1.29 is 19.4 Å². The van der Waals surface area contributed by atoms with Crippen LogP contribution in [0.25, 0.3) is 0 Å². The molecule has 6 heteroatoms. The van der Waals surface area contributed by atoms with Gasteiger partial charge in [0.15, 0.2) is 0 Å². The summed E-state index contributed by atoms with van der Waals surface area (Å²) in [7, 11) is 1.69. The molecular weight excluding hydrogens is 260 g/mol.